The fraction of sp³-hybridized carbons (Fsp3) is 0.200. The molecule has 9 heteroatoms. The van der Waals surface area contributed by atoms with Crippen LogP contribution in [0, 0.1) is 5.92 Å². The molecule has 29 heavy (non-hydrogen) atoms. The van der Waals surface area contributed by atoms with Gasteiger partial charge < -0.3 is 10.1 Å². The van der Waals surface area contributed by atoms with Crippen molar-refractivity contribution in [2.45, 2.75) is 13.3 Å². The molecule has 0 aliphatic carbocycles. The average Bonchev–Trinajstić information content (AvgIpc) is 3.40. The maximum Gasteiger partial charge on any atom is 0.225 e. The molecule has 1 aliphatic heterocycles. The first-order valence-electron chi connectivity index (χ1n) is 9.04. The van der Waals surface area contributed by atoms with Gasteiger partial charge in [-0.05, 0) is 71.4 Å². The lowest BCUT2D eigenvalue weighted by Crippen LogP contribution is -2.25. The largest absolute Gasteiger partial charge is 0.497 e. The molecule has 2 heterocycles. The predicted octanol–water partition coefficient (Wildman–Crippen LogP) is 2.49. The second-order valence-electron chi connectivity index (χ2n) is 6.56. The molecular formula is C20H19N7O2. The molecule has 1 amide bonds. The number of anilines is 1. The van der Waals surface area contributed by atoms with Crippen molar-refractivity contribution in [2.24, 2.45) is 16.1 Å². The van der Waals surface area contributed by atoms with Crippen LogP contribution in [-0.2, 0) is 4.79 Å². The lowest BCUT2D eigenvalue weighted by molar-refractivity contribution is -0.116. The Morgan fingerprint density at radius 3 is 2.52 bits per heavy atom. The summed E-state index contributed by atoms with van der Waals surface area (Å²) >= 11 is 0. The lowest BCUT2D eigenvalue weighted by Gasteiger charge is -2.14. The van der Waals surface area contributed by atoms with Gasteiger partial charge in [-0.15, -0.1) is 5.10 Å². The monoisotopic (exact) mass is 389 g/mol. The summed E-state index contributed by atoms with van der Waals surface area (Å²) in [5.41, 5.74) is 4.03. The highest BCUT2D eigenvalue weighted by Crippen LogP contribution is 2.24. The molecule has 1 atom stereocenters. The van der Waals surface area contributed by atoms with Crippen LogP contribution in [0.15, 0.2) is 65.1 Å². The van der Waals surface area contributed by atoms with E-state index in [1.54, 1.807) is 11.8 Å². The van der Waals surface area contributed by atoms with E-state index in [-0.39, 0.29) is 18.2 Å². The number of nitrogens with zero attached hydrogens (tertiary/aromatic N) is 6. The normalized spacial score (nSPS) is 15.6. The topological polar surface area (TPSA) is 107 Å². The number of ether oxygens (including phenoxy) is 1. The van der Waals surface area contributed by atoms with Crippen LogP contribution in [-0.4, -0.2) is 44.6 Å². The number of methoxy groups -OCH3 is 1. The zero-order valence-electron chi connectivity index (χ0n) is 16.0. The Balaban J connectivity index is 1.42. The first-order valence-corrected chi connectivity index (χ1v) is 9.04. The first kappa shape index (κ1) is 18.5. The van der Waals surface area contributed by atoms with Gasteiger partial charge in [0.05, 0.1) is 24.4 Å². The molecule has 0 saturated carbocycles. The number of hydrogen-bond acceptors (Lipinski definition) is 7. The van der Waals surface area contributed by atoms with Crippen LogP contribution < -0.4 is 10.1 Å². The van der Waals surface area contributed by atoms with Crippen molar-refractivity contribution in [3.8, 4) is 11.4 Å². The molecule has 2 aromatic carbocycles. The zero-order chi connectivity index (χ0) is 20.2. The van der Waals surface area contributed by atoms with Crippen LogP contribution in [0.1, 0.15) is 18.9 Å². The number of nitrogens with one attached hydrogen (secondary N) is 1. The van der Waals surface area contributed by atoms with Crippen molar-refractivity contribution in [1.29, 1.82) is 0 Å². The Bertz CT molecular complexity index is 1060. The Kier molecular flexibility index (Phi) is 5.10. The van der Waals surface area contributed by atoms with Crippen molar-refractivity contribution in [3.63, 3.8) is 0 Å². The van der Waals surface area contributed by atoms with E-state index >= 15 is 0 Å². The van der Waals surface area contributed by atoms with Gasteiger partial charge in [-0.1, -0.05) is 0 Å². The summed E-state index contributed by atoms with van der Waals surface area (Å²) in [6.45, 7) is 1.89. The highest BCUT2D eigenvalue weighted by Gasteiger charge is 2.28. The molecule has 1 aliphatic rings. The number of carbonyl (C=O) groups excluding carboxylic acids is 1. The minimum absolute atomic E-state index is 0.108. The van der Waals surface area contributed by atoms with Gasteiger partial charge in [0.15, 0.2) is 0 Å². The summed E-state index contributed by atoms with van der Waals surface area (Å²) < 4.78 is 6.74. The molecule has 4 rings (SSSR count). The molecule has 0 radical (unpaired) electrons. The van der Waals surface area contributed by atoms with Crippen molar-refractivity contribution in [1.82, 2.24) is 20.2 Å². The number of amides is 1. The molecule has 0 saturated heterocycles. The Morgan fingerprint density at radius 2 is 1.86 bits per heavy atom. The maximum absolute atomic E-state index is 12.6. The van der Waals surface area contributed by atoms with E-state index < -0.39 is 0 Å². The number of hydrogen-bond donors (Lipinski definition) is 1. The van der Waals surface area contributed by atoms with E-state index in [1.807, 2.05) is 55.5 Å². The van der Waals surface area contributed by atoms with Gasteiger partial charge in [0.2, 0.25) is 5.91 Å². The van der Waals surface area contributed by atoms with Gasteiger partial charge in [-0.3, -0.25) is 4.79 Å². The first-order chi connectivity index (χ1) is 14.1. The second kappa shape index (κ2) is 8.01. The summed E-state index contributed by atoms with van der Waals surface area (Å²) in [4.78, 5) is 12.6. The summed E-state index contributed by atoms with van der Waals surface area (Å²) in [5, 5.41) is 22.5. The summed E-state index contributed by atoms with van der Waals surface area (Å²) in [5.74, 6) is 0.496. The number of benzene rings is 2. The number of tetrazole rings is 1. The summed E-state index contributed by atoms with van der Waals surface area (Å²) in [6, 6.07) is 14.9. The maximum atomic E-state index is 12.6. The van der Waals surface area contributed by atoms with Crippen molar-refractivity contribution in [2.75, 3.05) is 12.4 Å². The van der Waals surface area contributed by atoms with Gasteiger partial charge in [-0.25, -0.2) is 4.68 Å². The van der Waals surface area contributed by atoms with Crippen LogP contribution in [0.25, 0.3) is 5.69 Å². The average molecular weight is 389 g/mol. The van der Waals surface area contributed by atoms with Gasteiger partial charge in [0.25, 0.3) is 0 Å². The van der Waals surface area contributed by atoms with Crippen LogP contribution in [0.3, 0.4) is 0 Å². The van der Waals surface area contributed by atoms with Gasteiger partial charge >= 0.3 is 0 Å². The van der Waals surface area contributed by atoms with E-state index in [1.165, 1.54) is 6.33 Å². The third-order valence-electron chi connectivity index (χ3n) is 4.69. The van der Waals surface area contributed by atoms with Crippen molar-refractivity contribution < 1.29 is 9.53 Å². The highest BCUT2D eigenvalue weighted by molar-refractivity contribution is 6.18. The van der Waals surface area contributed by atoms with Gasteiger partial charge in [-0.2, -0.15) is 10.2 Å². The van der Waals surface area contributed by atoms with E-state index in [0.717, 1.165) is 28.4 Å². The minimum Gasteiger partial charge on any atom is -0.497 e. The minimum atomic E-state index is -0.163. The van der Waals surface area contributed by atoms with Crippen LogP contribution >= 0.6 is 0 Å². The van der Waals surface area contributed by atoms with E-state index in [0.29, 0.717) is 5.69 Å². The Labute approximate surface area is 167 Å². The predicted molar refractivity (Wildman–Crippen MR) is 109 cm³/mol. The van der Waals surface area contributed by atoms with E-state index in [4.69, 9.17) is 4.74 Å². The van der Waals surface area contributed by atoms with Crippen molar-refractivity contribution >= 4 is 23.0 Å². The molecule has 1 aromatic heterocycles. The fourth-order valence-electron chi connectivity index (χ4n) is 3.11. The molecule has 146 valence electrons. The molecule has 3 aromatic rings. The van der Waals surface area contributed by atoms with Crippen molar-refractivity contribution in [3.05, 3.63) is 60.4 Å². The van der Waals surface area contributed by atoms with Gasteiger partial charge in [0.1, 0.15) is 12.1 Å². The second-order valence-corrected chi connectivity index (χ2v) is 6.56. The third kappa shape index (κ3) is 4.03. The van der Waals surface area contributed by atoms with Gasteiger partial charge in [0, 0.05) is 17.8 Å². The summed E-state index contributed by atoms with van der Waals surface area (Å²) in [6.07, 6.45) is 1.77. The highest BCUT2D eigenvalue weighted by atomic mass is 16.5. The Hall–Kier alpha value is -3.88. The van der Waals surface area contributed by atoms with Crippen LogP contribution in [0.5, 0.6) is 5.75 Å². The standard InChI is InChI=1S/C20H19N7O2/c1-13-18(20(24-23-13)14-3-9-17(29-2)10-4-14)11-19(28)22-15-5-7-16(8-6-15)27-12-21-25-26-27/h3-10,12,18H,11H2,1-2H3,(H,22,28)/t18-/m0/s1. The molecule has 0 unspecified atom stereocenters. The lowest BCUT2D eigenvalue weighted by atomic mass is 9.90. The SMILES string of the molecule is COc1ccc(C2=NN=C(C)[C@@H]2CC(=O)Nc2ccc(-n3cnnn3)cc2)cc1. The Morgan fingerprint density at radius 1 is 1.10 bits per heavy atom. The van der Waals surface area contributed by atoms with Crippen LogP contribution in [0.2, 0.25) is 0 Å². The van der Waals surface area contributed by atoms with E-state index in [2.05, 4.69) is 31.0 Å². The molecule has 0 spiro atoms. The number of carbonyl (C=O) groups is 1. The zero-order valence-corrected chi connectivity index (χ0v) is 16.0. The summed E-state index contributed by atoms with van der Waals surface area (Å²) in [7, 11) is 1.62. The molecule has 0 fully saturated rings. The molecular weight excluding hydrogens is 370 g/mol. The quantitative estimate of drug-likeness (QED) is 0.697. The number of aromatic nitrogens is 4. The van der Waals surface area contributed by atoms with Crippen LogP contribution in [0.4, 0.5) is 5.69 Å². The number of rotatable bonds is 6. The third-order valence-corrected chi connectivity index (χ3v) is 4.69. The fourth-order valence-corrected chi connectivity index (χ4v) is 3.11. The molecule has 9 nitrogen and oxygen atoms in total. The van der Waals surface area contributed by atoms with E-state index in [9.17, 15) is 4.79 Å². The molecule has 0 bridgehead atoms. The molecule has 1 N–H and O–H groups in total. The smallest absolute Gasteiger partial charge is 0.225 e.